The van der Waals surface area contributed by atoms with E-state index in [0.29, 0.717) is 28.0 Å². The van der Waals surface area contributed by atoms with E-state index in [9.17, 15) is 4.79 Å². The maximum Gasteiger partial charge on any atom is 0.266 e. The molecule has 0 unspecified atom stereocenters. The number of aromatic nitrogens is 4. The molecule has 154 valence electrons. The molecule has 0 amide bonds. The van der Waals surface area contributed by atoms with Crippen molar-refractivity contribution in [3.63, 3.8) is 0 Å². The summed E-state index contributed by atoms with van der Waals surface area (Å²) in [5, 5.41) is 5.16. The molecule has 0 spiro atoms. The molecule has 0 N–H and O–H groups in total. The lowest BCUT2D eigenvalue weighted by Gasteiger charge is -2.11. The molecule has 0 aliphatic heterocycles. The molecule has 0 saturated heterocycles. The predicted octanol–water partition coefficient (Wildman–Crippen LogP) is 4.03. The van der Waals surface area contributed by atoms with Crippen LogP contribution >= 0.6 is 0 Å². The minimum absolute atomic E-state index is 0.185. The van der Waals surface area contributed by atoms with Crippen LogP contribution in [0.1, 0.15) is 5.69 Å². The van der Waals surface area contributed by atoms with Crippen molar-refractivity contribution in [1.29, 1.82) is 0 Å². The molecular formula is C24H20N4O3. The van der Waals surface area contributed by atoms with Crippen LogP contribution in [-0.2, 0) is 0 Å². The summed E-state index contributed by atoms with van der Waals surface area (Å²) in [6, 6.07) is 17.1. The normalized spacial score (nSPS) is 11.2. The second-order valence-corrected chi connectivity index (χ2v) is 7.14. The zero-order chi connectivity index (χ0) is 21.5. The van der Waals surface area contributed by atoms with Gasteiger partial charge in [0.15, 0.2) is 5.65 Å². The van der Waals surface area contributed by atoms with Crippen LogP contribution in [0.5, 0.6) is 11.5 Å². The summed E-state index contributed by atoms with van der Waals surface area (Å²) < 4.78 is 14.0. The molecule has 0 saturated carbocycles. The third-order valence-electron chi connectivity index (χ3n) is 5.41. The average molecular weight is 412 g/mol. The van der Waals surface area contributed by atoms with Gasteiger partial charge in [0.1, 0.15) is 11.5 Å². The number of hydrogen-bond donors (Lipinski definition) is 0. The Bertz CT molecular complexity index is 1480. The fourth-order valence-corrected chi connectivity index (χ4v) is 3.89. The van der Waals surface area contributed by atoms with Crippen molar-refractivity contribution < 1.29 is 9.47 Å². The van der Waals surface area contributed by atoms with Gasteiger partial charge in [-0.3, -0.25) is 9.36 Å². The van der Waals surface area contributed by atoms with Crippen molar-refractivity contribution in [1.82, 2.24) is 19.2 Å². The highest BCUT2D eigenvalue weighted by atomic mass is 16.5. The lowest BCUT2D eigenvalue weighted by atomic mass is 10.1. The molecule has 0 bridgehead atoms. The third-order valence-corrected chi connectivity index (χ3v) is 5.41. The molecule has 5 aromatic rings. The summed E-state index contributed by atoms with van der Waals surface area (Å²) in [4.78, 5) is 17.9. The van der Waals surface area contributed by atoms with E-state index in [1.807, 2.05) is 61.5 Å². The second kappa shape index (κ2) is 7.28. The summed E-state index contributed by atoms with van der Waals surface area (Å²) in [5.41, 5.74) is 4.64. The van der Waals surface area contributed by atoms with E-state index in [2.05, 4.69) is 10.1 Å². The van der Waals surface area contributed by atoms with E-state index < -0.39 is 0 Å². The Hall–Kier alpha value is -4.13. The van der Waals surface area contributed by atoms with Gasteiger partial charge in [0.05, 0.1) is 36.5 Å². The van der Waals surface area contributed by atoms with Crippen molar-refractivity contribution in [2.45, 2.75) is 6.92 Å². The van der Waals surface area contributed by atoms with Gasteiger partial charge in [-0.15, -0.1) is 0 Å². The molecule has 0 aliphatic carbocycles. The summed E-state index contributed by atoms with van der Waals surface area (Å²) >= 11 is 0. The fourth-order valence-electron chi connectivity index (χ4n) is 3.89. The number of ether oxygens (including phenoxy) is 2. The Morgan fingerprint density at radius 3 is 2.45 bits per heavy atom. The number of para-hydroxylation sites is 2. The number of benzene rings is 2. The predicted molar refractivity (Wildman–Crippen MR) is 119 cm³/mol. The Morgan fingerprint density at radius 1 is 0.935 bits per heavy atom. The second-order valence-electron chi connectivity index (χ2n) is 7.14. The monoisotopic (exact) mass is 412 g/mol. The smallest absolute Gasteiger partial charge is 0.266 e. The van der Waals surface area contributed by atoms with Crippen molar-refractivity contribution in [3.05, 3.63) is 83.0 Å². The first-order valence-electron chi connectivity index (χ1n) is 9.80. The van der Waals surface area contributed by atoms with Crippen molar-refractivity contribution in [2.24, 2.45) is 0 Å². The van der Waals surface area contributed by atoms with Gasteiger partial charge in [0.25, 0.3) is 5.56 Å². The molecule has 3 heterocycles. The number of hydrogen-bond acceptors (Lipinski definition) is 5. The van der Waals surface area contributed by atoms with Crippen LogP contribution in [-0.4, -0.2) is 33.4 Å². The summed E-state index contributed by atoms with van der Waals surface area (Å²) in [6.45, 7) is 1.94. The van der Waals surface area contributed by atoms with Gasteiger partial charge in [-0.2, -0.15) is 5.10 Å². The number of nitrogens with zero attached hydrogens (tertiary/aromatic N) is 4. The van der Waals surface area contributed by atoms with Crippen LogP contribution in [0, 0.1) is 6.92 Å². The van der Waals surface area contributed by atoms with E-state index in [-0.39, 0.29) is 5.56 Å². The molecular weight excluding hydrogens is 392 g/mol. The third kappa shape index (κ3) is 2.93. The van der Waals surface area contributed by atoms with E-state index in [1.165, 1.54) is 0 Å². The summed E-state index contributed by atoms with van der Waals surface area (Å²) in [5.74, 6) is 1.41. The molecule has 7 nitrogen and oxygen atoms in total. The van der Waals surface area contributed by atoms with Gasteiger partial charge in [-0.05, 0) is 42.8 Å². The Kier molecular flexibility index (Phi) is 4.43. The molecule has 0 aliphatic rings. The highest BCUT2D eigenvalue weighted by Crippen LogP contribution is 2.30. The minimum Gasteiger partial charge on any atom is -0.497 e. The molecule has 0 atom stereocenters. The fraction of sp³-hybridized carbons (Fsp3) is 0.125. The van der Waals surface area contributed by atoms with Crippen LogP contribution in [0.25, 0.3) is 33.4 Å². The van der Waals surface area contributed by atoms with E-state index in [1.54, 1.807) is 35.7 Å². The first kappa shape index (κ1) is 18.9. The maximum atomic E-state index is 13.3. The van der Waals surface area contributed by atoms with Crippen molar-refractivity contribution in [3.8, 4) is 28.3 Å². The minimum atomic E-state index is -0.185. The zero-order valence-corrected chi connectivity index (χ0v) is 17.4. The van der Waals surface area contributed by atoms with Crippen LogP contribution < -0.4 is 15.0 Å². The summed E-state index contributed by atoms with van der Waals surface area (Å²) in [7, 11) is 3.23. The Morgan fingerprint density at radius 2 is 1.71 bits per heavy atom. The molecule has 7 heteroatoms. The maximum absolute atomic E-state index is 13.3. The van der Waals surface area contributed by atoms with Gasteiger partial charge >= 0.3 is 0 Å². The molecule has 0 radical (unpaired) electrons. The number of methoxy groups -OCH3 is 2. The van der Waals surface area contributed by atoms with Gasteiger partial charge < -0.3 is 9.47 Å². The van der Waals surface area contributed by atoms with Gasteiger partial charge in [-0.25, -0.2) is 9.50 Å². The number of rotatable bonds is 4. The van der Waals surface area contributed by atoms with E-state index >= 15 is 0 Å². The standard InChI is InChI=1S/C24H20N4O3/c1-15-22(16-8-10-17(30-2)11-9-16)23-25-14-18-19(28(23)26-15)12-13-27(24(18)29)20-6-4-5-7-21(20)31-3/h4-14H,1-3H3. The van der Waals surface area contributed by atoms with Crippen LogP contribution in [0.2, 0.25) is 0 Å². The molecule has 2 aromatic carbocycles. The zero-order valence-electron chi connectivity index (χ0n) is 17.4. The average Bonchev–Trinajstić information content (AvgIpc) is 3.15. The highest BCUT2D eigenvalue weighted by molar-refractivity contribution is 5.86. The lowest BCUT2D eigenvalue weighted by Crippen LogP contribution is -2.19. The first-order valence-corrected chi connectivity index (χ1v) is 9.80. The SMILES string of the molecule is COc1ccc(-c2c(C)nn3c2ncc2c(=O)n(-c4ccccc4OC)ccc23)cc1. The van der Waals surface area contributed by atoms with Gasteiger partial charge in [-0.1, -0.05) is 24.3 Å². The van der Waals surface area contributed by atoms with E-state index in [4.69, 9.17) is 9.47 Å². The number of fused-ring (bicyclic) bond motifs is 3. The topological polar surface area (TPSA) is 70.7 Å². The molecule has 0 fully saturated rings. The van der Waals surface area contributed by atoms with Gasteiger partial charge in [0.2, 0.25) is 0 Å². The van der Waals surface area contributed by atoms with Crippen molar-refractivity contribution in [2.75, 3.05) is 14.2 Å². The molecule has 5 rings (SSSR count). The quantitative estimate of drug-likeness (QED) is 0.446. The lowest BCUT2D eigenvalue weighted by molar-refractivity contribution is 0.412. The van der Waals surface area contributed by atoms with Crippen LogP contribution in [0.3, 0.4) is 0 Å². The Labute approximate surface area is 178 Å². The highest BCUT2D eigenvalue weighted by Gasteiger charge is 2.17. The number of pyridine rings is 1. The largest absolute Gasteiger partial charge is 0.497 e. The first-order chi connectivity index (χ1) is 15.1. The van der Waals surface area contributed by atoms with E-state index in [0.717, 1.165) is 22.6 Å². The molecule has 31 heavy (non-hydrogen) atoms. The number of aryl methyl sites for hydroxylation is 1. The van der Waals surface area contributed by atoms with Crippen LogP contribution in [0.4, 0.5) is 0 Å². The van der Waals surface area contributed by atoms with Crippen molar-refractivity contribution >= 4 is 16.6 Å². The summed E-state index contributed by atoms with van der Waals surface area (Å²) in [6.07, 6.45) is 3.36. The van der Waals surface area contributed by atoms with Gasteiger partial charge in [0, 0.05) is 18.0 Å². The van der Waals surface area contributed by atoms with Crippen LogP contribution in [0.15, 0.2) is 71.8 Å². The molecule has 3 aromatic heterocycles. The Balaban J connectivity index is 1.73.